The van der Waals surface area contributed by atoms with E-state index in [1.54, 1.807) is 0 Å². The lowest BCUT2D eigenvalue weighted by Gasteiger charge is -2.10. The smallest absolute Gasteiger partial charge is 0.228 e. The van der Waals surface area contributed by atoms with Crippen LogP contribution in [0, 0.1) is 6.92 Å². The number of hydrogen-bond donors (Lipinski definition) is 1. The van der Waals surface area contributed by atoms with Gasteiger partial charge in [-0.25, -0.2) is 0 Å². The number of benzene rings is 2. The Balaban J connectivity index is 1.94. The molecule has 0 radical (unpaired) electrons. The number of rotatable bonds is 5. The molecule has 0 aliphatic carbocycles. The van der Waals surface area contributed by atoms with Crippen LogP contribution in [0.15, 0.2) is 48.5 Å². The molecule has 2 nitrogen and oxygen atoms in total. The SMILES string of the molecule is CCC(C)c1ccc(NC(=O)Cc2ccc(C)cc2)cc1. The van der Waals surface area contributed by atoms with Gasteiger partial charge in [0, 0.05) is 5.69 Å². The van der Waals surface area contributed by atoms with Crippen LogP contribution in [0.3, 0.4) is 0 Å². The summed E-state index contributed by atoms with van der Waals surface area (Å²) >= 11 is 0. The molecule has 0 saturated heterocycles. The molecule has 0 saturated carbocycles. The molecule has 0 spiro atoms. The van der Waals surface area contributed by atoms with Gasteiger partial charge in [0.25, 0.3) is 0 Å². The third-order valence-electron chi connectivity index (χ3n) is 3.86. The highest BCUT2D eigenvalue weighted by Gasteiger charge is 2.06. The maximum absolute atomic E-state index is 12.0. The minimum atomic E-state index is 0.0233. The monoisotopic (exact) mass is 281 g/mol. The predicted octanol–water partition coefficient (Wildman–Crippen LogP) is 4.69. The summed E-state index contributed by atoms with van der Waals surface area (Å²) < 4.78 is 0. The average molecular weight is 281 g/mol. The first-order valence-corrected chi connectivity index (χ1v) is 7.54. The van der Waals surface area contributed by atoms with E-state index in [1.165, 1.54) is 11.1 Å². The molecule has 1 unspecified atom stereocenters. The van der Waals surface area contributed by atoms with Crippen LogP contribution in [-0.2, 0) is 11.2 Å². The molecule has 1 N–H and O–H groups in total. The van der Waals surface area contributed by atoms with Gasteiger partial charge in [0.15, 0.2) is 0 Å². The van der Waals surface area contributed by atoms with Crippen LogP contribution in [0.25, 0.3) is 0 Å². The molecule has 0 aromatic heterocycles. The molecule has 0 aliphatic rings. The van der Waals surface area contributed by atoms with Crippen molar-refractivity contribution in [2.24, 2.45) is 0 Å². The summed E-state index contributed by atoms with van der Waals surface area (Å²) in [5.74, 6) is 0.581. The Hall–Kier alpha value is -2.09. The van der Waals surface area contributed by atoms with Crippen molar-refractivity contribution in [1.29, 1.82) is 0 Å². The van der Waals surface area contributed by atoms with Gasteiger partial charge < -0.3 is 5.32 Å². The molecule has 0 heterocycles. The van der Waals surface area contributed by atoms with Crippen LogP contribution < -0.4 is 5.32 Å². The van der Waals surface area contributed by atoms with Gasteiger partial charge in [-0.1, -0.05) is 55.8 Å². The van der Waals surface area contributed by atoms with Crippen molar-refractivity contribution in [3.05, 3.63) is 65.2 Å². The fraction of sp³-hybridized carbons (Fsp3) is 0.316. The van der Waals surface area contributed by atoms with Gasteiger partial charge in [0.2, 0.25) is 5.91 Å². The maximum atomic E-state index is 12.0. The zero-order valence-corrected chi connectivity index (χ0v) is 13.0. The van der Waals surface area contributed by atoms with E-state index in [-0.39, 0.29) is 5.91 Å². The second-order valence-electron chi connectivity index (χ2n) is 5.64. The third-order valence-corrected chi connectivity index (χ3v) is 3.86. The average Bonchev–Trinajstić information content (AvgIpc) is 2.49. The molecule has 1 amide bonds. The number of carbonyl (C=O) groups is 1. The topological polar surface area (TPSA) is 29.1 Å². The third kappa shape index (κ3) is 4.45. The van der Waals surface area contributed by atoms with Crippen LogP contribution in [0.5, 0.6) is 0 Å². The number of hydrogen-bond acceptors (Lipinski definition) is 1. The van der Waals surface area contributed by atoms with Gasteiger partial charge in [-0.3, -0.25) is 4.79 Å². The summed E-state index contributed by atoms with van der Waals surface area (Å²) in [6, 6.07) is 16.2. The summed E-state index contributed by atoms with van der Waals surface area (Å²) in [5.41, 5.74) is 4.42. The summed E-state index contributed by atoms with van der Waals surface area (Å²) in [7, 11) is 0. The number of nitrogens with one attached hydrogen (secondary N) is 1. The van der Waals surface area contributed by atoms with Crippen LogP contribution in [0.1, 0.15) is 42.9 Å². The van der Waals surface area contributed by atoms with E-state index in [4.69, 9.17) is 0 Å². The highest BCUT2D eigenvalue weighted by Crippen LogP contribution is 2.20. The first kappa shape index (κ1) is 15.3. The van der Waals surface area contributed by atoms with Crippen molar-refractivity contribution < 1.29 is 4.79 Å². The van der Waals surface area contributed by atoms with Crippen LogP contribution in [-0.4, -0.2) is 5.91 Å². The van der Waals surface area contributed by atoms with Crippen molar-refractivity contribution in [3.63, 3.8) is 0 Å². The van der Waals surface area contributed by atoms with E-state index in [1.807, 2.05) is 43.3 Å². The van der Waals surface area contributed by atoms with Crippen molar-refractivity contribution in [1.82, 2.24) is 0 Å². The first-order valence-electron chi connectivity index (χ1n) is 7.54. The standard InChI is InChI=1S/C19H23NO/c1-4-15(3)17-9-11-18(12-10-17)20-19(21)13-16-7-5-14(2)6-8-16/h5-12,15H,4,13H2,1-3H3,(H,20,21). The first-order chi connectivity index (χ1) is 10.1. The van der Waals surface area contributed by atoms with E-state index < -0.39 is 0 Å². The Morgan fingerprint density at radius 2 is 1.67 bits per heavy atom. The second-order valence-corrected chi connectivity index (χ2v) is 5.64. The fourth-order valence-electron chi connectivity index (χ4n) is 2.23. The minimum absolute atomic E-state index is 0.0233. The highest BCUT2D eigenvalue weighted by molar-refractivity contribution is 5.92. The molecule has 2 aromatic rings. The number of amides is 1. The van der Waals surface area contributed by atoms with E-state index in [0.29, 0.717) is 12.3 Å². The molecule has 2 heteroatoms. The van der Waals surface area contributed by atoms with Crippen LogP contribution >= 0.6 is 0 Å². The summed E-state index contributed by atoms with van der Waals surface area (Å²) in [6.45, 7) is 6.44. The molecular formula is C19H23NO. The molecule has 0 bridgehead atoms. The number of anilines is 1. The lowest BCUT2D eigenvalue weighted by atomic mass is 9.98. The molecule has 2 rings (SSSR count). The lowest BCUT2D eigenvalue weighted by Crippen LogP contribution is -2.14. The Labute approximate surface area is 127 Å². The lowest BCUT2D eigenvalue weighted by molar-refractivity contribution is -0.115. The van der Waals surface area contributed by atoms with Gasteiger partial charge in [-0.2, -0.15) is 0 Å². The largest absolute Gasteiger partial charge is 0.326 e. The Morgan fingerprint density at radius 1 is 1.05 bits per heavy atom. The maximum Gasteiger partial charge on any atom is 0.228 e. The quantitative estimate of drug-likeness (QED) is 0.846. The van der Waals surface area contributed by atoms with E-state index in [9.17, 15) is 4.79 Å². The number of carbonyl (C=O) groups excluding carboxylic acids is 1. The van der Waals surface area contributed by atoms with Crippen LogP contribution in [0.4, 0.5) is 5.69 Å². The normalized spacial score (nSPS) is 12.0. The van der Waals surface area contributed by atoms with Crippen molar-refractivity contribution >= 4 is 11.6 Å². The van der Waals surface area contributed by atoms with Gasteiger partial charge in [-0.15, -0.1) is 0 Å². The van der Waals surface area contributed by atoms with Crippen molar-refractivity contribution in [2.45, 2.75) is 39.5 Å². The fourth-order valence-corrected chi connectivity index (χ4v) is 2.23. The molecule has 110 valence electrons. The zero-order chi connectivity index (χ0) is 15.2. The van der Waals surface area contributed by atoms with Gasteiger partial charge in [-0.05, 0) is 42.5 Å². The second kappa shape index (κ2) is 7.07. The summed E-state index contributed by atoms with van der Waals surface area (Å²) in [6.07, 6.45) is 1.53. The van der Waals surface area contributed by atoms with E-state index in [2.05, 4.69) is 31.3 Å². The van der Waals surface area contributed by atoms with E-state index in [0.717, 1.165) is 17.7 Å². The Bertz CT molecular complexity index is 584. The molecule has 21 heavy (non-hydrogen) atoms. The molecule has 1 atom stereocenters. The Morgan fingerprint density at radius 3 is 2.24 bits per heavy atom. The van der Waals surface area contributed by atoms with Crippen molar-refractivity contribution in [2.75, 3.05) is 5.32 Å². The minimum Gasteiger partial charge on any atom is -0.326 e. The van der Waals surface area contributed by atoms with E-state index >= 15 is 0 Å². The van der Waals surface area contributed by atoms with Crippen LogP contribution in [0.2, 0.25) is 0 Å². The molecule has 0 aliphatic heterocycles. The molecule has 0 fully saturated rings. The van der Waals surface area contributed by atoms with Gasteiger partial charge >= 0.3 is 0 Å². The summed E-state index contributed by atoms with van der Waals surface area (Å²) in [4.78, 5) is 12.0. The summed E-state index contributed by atoms with van der Waals surface area (Å²) in [5, 5.41) is 2.95. The Kier molecular flexibility index (Phi) is 5.15. The van der Waals surface area contributed by atoms with Crippen molar-refractivity contribution in [3.8, 4) is 0 Å². The van der Waals surface area contributed by atoms with Gasteiger partial charge in [0.1, 0.15) is 0 Å². The zero-order valence-electron chi connectivity index (χ0n) is 13.0. The highest BCUT2D eigenvalue weighted by atomic mass is 16.1. The van der Waals surface area contributed by atoms with Gasteiger partial charge in [0.05, 0.1) is 6.42 Å². The predicted molar refractivity (Wildman–Crippen MR) is 88.7 cm³/mol. The number of aryl methyl sites for hydroxylation is 1. The molecular weight excluding hydrogens is 258 g/mol. The molecule has 2 aromatic carbocycles.